The largest absolute Gasteiger partial charge is 0.497 e. The van der Waals surface area contributed by atoms with E-state index in [2.05, 4.69) is 33.7 Å². The Labute approximate surface area is 222 Å². The molecular weight excluding hydrogens is 478 g/mol. The molecule has 2 aliphatic rings. The van der Waals surface area contributed by atoms with Crippen LogP contribution in [0.3, 0.4) is 0 Å². The van der Waals surface area contributed by atoms with Crippen molar-refractivity contribution in [2.75, 3.05) is 40.1 Å². The molecule has 0 saturated carbocycles. The Balaban J connectivity index is 1.21. The van der Waals surface area contributed by atoms with Gasteiger partial charge in [0.1, 0.15) is 5.75 Å². The maximum Gasteiger partial charge on any atom is 0.255 e. The number of piperazine rings is 1. The quantitative estimate of drug-likeness (QED) is 0.360. The van der Waals surface area contributed by atoms with Crippen LogP contribution < -0.4 is 14.2 Å². The minimum absolute atomic E-state index is 0.0784. The van der Waals surface area contributed by atoms with Gasteiger partial charge in [-0.3, -0.25) is 9.69 Å². The molecule has 1 saturated heterocycles. The molecule has 4 aromatic rings. The Morgan fingerprint density at radius 1 is 0.868 bits per heavy atom. The summed E-state index contributed by atoms with van der Waals surface area (Å²) < 4.78 is 18.5. The second-order valence-corrected chi connectivity index (χ2v) is 9.68. The predicted octanol–water partition coefficient (Wildman–Crippen LogP) is 5.15. The lowest BCUT2D eigenvalue weighted by Crippen LogP contribution is -2.48. The van der Waals surface area contributed by atoms with Gasteiger partial charge >= 0.3 is 0 Å². The van der Waals surface area contributed by atoms with E-state index in [-0.39, 0.29) is 12.7 Å². The van der Waals surface area contributed by atoms with Crippen molar-refractivity contribution in [2.24, 2.45) is 0 Å². The lowest BCUT2D eigenvalue weighted by molar-refractivity contribution is 0.0628. The van der Waals surface area contributed by atoms with Crippen LogP contribution in [0.2, 0.25) is 0 Å². The van der Waals surface area contributed by atoms with Gasteiger partial charge in [-0.25, -0.2) is 0 Å². The van der Waals surface area contributed by atoms with E-state index in [1.807, 2.05) is 66.4 Å². The van der Waals surface area contributed by atoms with Gasteiger partial charge < -0.3 is 23.7 Å². The number of carbonyl (C=O) groups is 1. The van der Waals surface area contributed by atoms with Crippen molar-refractivity contribution in [3.63, 3.8) is 0 Å². The molecule has 1 aromatic heterocycles. The highest BCUT2D eigenvalue weighted by atomic mass is 16.7. The number of hydrogen-bond acceptors (Lipinski definition) is 5. The minimum Gasteiger partial charge on any atom is -0.497 e. The van der Waals surface area contributed by atoms with E-state index in [0.717, 1.165) is 65.1 Å². The summed E-state index contributed by atoms with van der Waals surface area (Å²) in [5, 5.41) is 0. The molecule has 0 spiro atoms. The van der Waals surface area contributed by atoms with Gasteiger partial charge in [0, 0.05) is 44.1 Å². The van der Waals surface area contributed by atoms with Crippen molar-refractivity contribution >= 4 is 5.91 Å². The fourth-order valence-corrected chi connectivity index (χ4v) is 5.28. The van der Waals surface area contributed by atoms with Crippen molar-refractivity contribution < 1.29 is 19.0 Å². The molecule has 6 rings (SSSR count). The van der Waals surface area contributed by atoms with Crippen LogP contribution >= 0.6 is 0 Å². The van der Waals surface area contributed by atoms with Crippen molar-refractivity contribution in [1.82, 2.24) is 14.4 Å². The second-order valence-electron chi connectivity index (χ2n) is 9.68. The number of methoxy groups -OCH3 is 1. The Kier molecular flexibility index (Phi) is 6.52. The van der Waals surface area contributed by atoms with Crippen molar-refractivity contribution in [2.45, 2.75) is 13.5 Å². The third-order valence-corrected chi connectivity index (χ3v) is 7.38. The SMILES string of the molecule is COc1ccc(-c2cc(C(=O)N3CCN(Cc4ccc5c(c4)OCO5)CC3)c(C)n2-c2ccccc2)cc1. The zero-order valence-electron chi connectivity index (χ0n) is 21.7. The minimum atomic E-state index is 0.0784. The molecule has 3 heterocycles. The van der Waals surface area contributed by atoms with Crippen molar-refractivity contribution in [1.29, 1.82) is 0 Å². The summed E-state index contributed by atoms with van der Waals surface area (Å²) in [5.41, 5.74) is 5.92. The molecule has 0 bridgehead atoms. The summed E-state index contributed by atoms with van der Waals surface area (Å²) >= 11 is 0. The molecule has 38 heavy (non-hydrogen) atoms. The molecule has 0 atom stereocenters. The number of para-hydroxylation sites is 1. The van der Waals surface area contributed by atoms with Crippen LogP contribution in [-0.4, -0.2) is 60.4 Å². The number of hydrogen-bond donors (Lipinski definition) is 0. The van der Waals surface area contributed by atoms with Gasteiger partial charge in [0.15, 0.2) is 11.5 Å². The maximum atomic E-state index is 13.8. The zero-order valence-corrected chi connectivity index (χ0v) is 21.7. The van der Waals surface area contributed by atoms with E-state index in [9.17, 15) is 4.79 Å². The fourth-order valence-electron chi connectivity index (χ4n) is 5.28. The van der Waals surface area contributed by atoms with Crippen LogP contribution in [0.5, 0.6) is 17.2 Å². The first-order valence-corrected chi connectivity index (χ1v) is 12.9. The molecule has 0 aliphatic carbocycles. The molecule has 7 heteroatoms. The molecule has 2 aliphatic heterocycles. The Bertz CT molecular complexity index is 1440. The van der Waals surface area contributed by atoms with E-state index >= 15 is 0 Å². The number of rotatable bonds is 6. The molecule has 0 N–H and O–H groups in total. The van der Waals surface area contributed by atoms with Crippen LogP contribution in [-0.2, 0) is 6.54 Å². The first kappa shape index (κ1) is 24.1. The van der Waals surface area contributed by atoms with Gasteiger partial charge in [-0.15, -0.1) is 0 Å². The summed E-state index contributed by atoms with van der Waals surface area (Å²) in [6, 6.07) is 26.3. The Morgan fingerprint density at radius 2 is 1.61 bits per heavy atom. The van der Waals surface area contributed by atoms with Crippen LogP contribution in [0.4, 0.5) is 0 Å². The standard InChI is InChI=1S/C31H31N3O4/c1-22-27(19-28(24-9-11-26(36-2)12-10-24)34(22)25-6-4-3-5-7-25)31(35)33-16-14-32(15-17-33)20-23-8-13-29-30(18-23)38-21-37-29/h3-13,18-19H,14-17,20-21H2,1-2H3. The average Bonchev–Trinajstić information content (AvgIpc) is 3.57. The summed E-state index contributed by atoms with van der Waals surface area (Å²) in [6.45, 7) is 6.17. The summed E-state index contributed by atoms with van der Waals surface area (Å²) in [7, 11) is 1.66. The number of benzene rings is 3. The van der Waals surface area contributed by atoms with Crippen LogP contribution in [0.1, 0.15) is 21.6 Å². The topological polar surface area (TPSA) is 56.2 Å². The van der Waals surface area contributed by atoms with E-state index in [4.69, 9.17) is 14.2 Å². The van der Waals surface area contributed by atoms with E-state index in [0.29, 0.717) is 13.1 Å². The molecule has 1 fully saturated rings. The van der Waals surface area contributed by atoms with Gasteiger partial charge in [-0.1, -0.05) is 24.3 Å². The average molecular weight is 510 g/mol. The summed E-state index contributed by atoms with van der Waals surface area (Å²) in [6.07, 6.45) is 0. The molecule has 0 radical (unpaired) electrons. The van der Waals surface area contributed by atoms with E-state index in [1.165, 1.54) is 5.56 Å². The Hall–Kier alpha value is -4.23. The highest BCUT2D eigenvalue weighted by molar-refractivity contribution is 5.97. The molecule has 194 valence electrons. The maximum absolute atomic E-state index is 13.8. The third-order valence-electron chi connectivity index (χ3n) is 7.38. The third kappa shape index (κ3) is 4.61. The van der Waals surface area contributed by atoms with Gasteiger partial charge in [0.05, 0.1) is 18.4 Å². The number of carbonyl (C=O) groups excluding carboxylic acids is 1. The van der Waals surface area contributed by atoms with Crippen LogP contribution in [0.25, 0.3) is 16.9 Å². The molecule has 7 nitrogen and oxygen atoms in total. The Morgan fingerprint density at radius 3 is 2.34 bits per heavy atom. The molecule has 1 amide bonds. The molecule has 3 aromatic carbocycles. The number of amides is 1. The highest BCUT2D eigenvalue weighted by Crippen LogP contribution is 2.34. The van der Waals surface area contributed by atoms with Crippen molar-refractivity contribution in [3.8, 4) is 34.2 Å². The van der Waals surface area contributed by atoms with Crippen molar-refractivity contribution in [3.05, 3.63) is 95.7 Å². The van der Waals surface area contributed by atoms with Crippen LogP contribution in [0, 0.1) is 6.92 Å². The number of nitrogens with zero attached hydrogens (tertiary/aromatic N) is 3. The predicted molar refractivity (Wildman–Crippen MR) is 146 cm³/mol. The normalized spacial score (nSPS) is 15.1. The van der Waals surface area contributed by atoms with Gasteiger partial charge in [-0.2, -0.15) is 0 Å². The fraction of sp³-hybridized carbons (Fsp3) is 0.258. The monoisotopic (exact) mass is 509 g/mol. The van der Waals surface area contributed by atoms with Gasteiger partial charge in [-0.05, 0) is 72.6 Å². The smallest absolute Gasteiger partial charge is 0.255 e. The van der Waals surface area contributed by atoms with Gasteiger partial charge in [0.25, 0.3) is 5.91 Å². The van der Waals surface area contributed by atoms with E-state index < -0.39 is 0 Å². The summed E-state index contributed by atoms with van der Waals surface area (Å²) in [4.78, 5) is 18.1. The first-order chi connectivity index (χ1) is 18.6. The molecule has 0 unspecified atom stereocenters. The second kappa shape index (κ2) is 10.3. The lowest BCUT2D eigenvalue weighted by Gasteiger charge is -2.34. The lowest BCUT2D eigenvalue weighted by atomic mass is 10.1. The number of aromatic nitrogens is 1. The van der Waals surface area contributed by atoms with Crippen LogP contribution in [0.15, 0.2) is 78.9 Å². The zero-order chi connectivity index (χ0) is 26.1. The summed E-state index contributed by atoms with van der Waals surface area (Å²) in [5.74, 6) is 2.49. The van der Waals surface area contributed by atoms with E-state index in [1.54, 1.807) is 7.11 Å². The first-order valence-electron chi connectivity index (χ1n) is 12.9. The number of ether oxygens (including phenoxy) is 3. The molecular formula is C31H31N3O4. The van der Waals surface area contributed by atoms with Gasteiger partial charge in [0.2, 0.25) is 6.79 Å². The number of fused-ring (bicyclic) bond motifs is 1. The highest BCUT2D eigenvalue weighted by Gasteiger charge is 2.27.